The van der Waals surface area contributed by atoms with Crippen LogP contribution in [-0.2, 0) is 14.1 Å². The predicted molar refractivity (Wildman–Crippen MR) is 111 cm³/mol. The van der Waals surface area contributed by atoms with Gasteiger partial charge in [-0.1, -0.05) is 72.3 Å². The fourth-order valence-corrected chi connectivity index (χ4v) is 5.31. The molecule has 0 bridgehead atoms. The van der Waals surface area contributed by atoms with E-state index in [2.05, 4.69) is 0 Å². The van der Waals surface area contributed by atoms with E-state index < -0.39 is 19.7 Å². The van der Waals surface area contributed by atoms with Crippen LogP contribution in [0.4, 0.5) is 0 Å². The summed E-state index contributed by atoms with van der Waals surface area (Å²) >= 11 is 5.81. The lowest BCUT2D eigenvalue weighted by Gasteiger charge is -2.18. The maximum atomic E-state index is 13.8. The zero-order valence-electron chi connectivity index (χ0n) is 15.0. The van der Waals surface area contributed by atoms with Crippen molar-refractivity contribution in [3.63, 3.8) is 0 Å². The van der Waals surface area contributed by atoms with Crippen LogP contribution < -0.4 is 10.6 Å². The van der Waals surface area contributed by atoms with E-state index in [-0.39, 0.29) is 11.9 Å². The van der Waals surface area contributed by atoms with Gasteiger partial charge in [0.05, 0.1) is 0 Å². The van der Waals surface area contributed by atoms with E-state index in [1.165, 1.54) is 0 Å². The molecule has 0 aliphatic carbocycles. The third kappa shape index (κ3) is 4.78. The number of hydrogen-bond acceptors (Lipinski definition) is 4. The molecule has 28 heavy (non-hydrogen) atoms. The topological polar surface area (TPSA) is 60.4 Å². The van der Waals surface area contributed by atoms with Crippen molar-refractivity contribution >= 4 is 41.1 Å². The Labute approximate surface area is 168 Å². The van der Waals surface area contributed by atoms with E-state index in [4.69, 9.17) is 16.3 Å². The number of hydrogen-bond donors (Lipinski definition) is 0. The first-order valence-corrected chi connectivity index (χ1v) is 10.9. The summed E-state index contributed by atoms with van der Waals surface area (Å²) in [5, 5.41) is 1.66. The Balaban J connectivity index is 1.74. The molecule has 0 heterocycles. The molecule has 142 valence electrons. The van der Waals surface area contributed by atoms with Gasteiger partial charge >= 0.3 is 5.97 Å². The van der Waals surface area contributed by atoms with Crippen LogP contribution in [0.25, 0.3) is 0 Å². The van der Waals surface area contributed by atoms with Gasteiger partial charge in [-0.25, -0.2) is 0 Å². The number of halogens is 1. The van der Waals surface area contributed by atoms with Gasteiger partial charge in [0.1, 0.15) is 6.16 Å². The van der Waals surface area contributed by atoms with Crippen LogP contribution in [0.15, 0.2) is 84.9 Å². The lowest BCUT2D eigenvalue weighted by Crippen LogP contribution is -2.25. The SMILES string of the molecule is O=C(CP(=O)(c1ccccc1)c1ccccc1)OCC(=O)c1ccc(Cl)cc1. The molecule has 6 heteroatoms. The van der Waals surface area contributed by atoms with Gasteiger partial charge in [0, 0.05) is 21.2 Å². The van der Waals surface area contributed by atoms with Crippen molar-refractivity contribution in [1.29, 1.82) is 0 Å². The molecule has 3 aromatic rings. The number of ether oxygens (including phenoxy) is 1. The number of Topliss-reactive ketones (excluding diaryl/α,β-unsaturated/α-hetero) is 1. The standard InChI is InChI=1S/C22H18ClO4P/c23-18-13-11-17(12-14-18)21(24)15-27-22(25)16-28(26,19-7-3-1-4-8-19)20-9-5-2-6-10-20/h1-14H,15-16H2. The Morgan fingerprint density at radius 1 is 0.786 bits per heavy atom. The zero-order valence-corrected chi connectivity index (χ0v) is 16.6. The predicted octanol–water partition coefficient (Wildman–Crippen LogP) is 4.08. The molecule has 0 fully saturated rings. The molecule has 0 unspecified atom stereocenters. The average molecular weight is 413 g/mol. The number of carbonyl (C=O) groups is 2. The van der Waals surface area contributed by atoms with Gasteiger partial charge in [0.25, 0.3) is 0 Å². The molecule has 0 N–H and O–H groups in total. The van der Waals surface area contributed by atoms with Crippen LogP contribution in [0.1, 0.15) is 10.4 Å². The first kappa shape index (κ1) is 20.1. The quantitative estimate of drug-likeness (QED) is 0.333. The molecule has 0 saturated heterocycles. The van der Waals surface area contributed by atoms with Crippen molar-refractivity contribution < 1.29 is 18.9 Å². The van der Waals surface area contributed by atoms with E-state index in [1.54, 1.807) is 72.8 Å². The second-order valence-corrected chi connectivity index (χ2v) is 9.42. The molecular weight excluding hydrogens is 395 g/mol. The highest BCUT2D eigenvalue weighted by Crippen LogP contribution is 2.43. The van der Waals surface area contributed by atoms with E-state index >= 15 is 0 Å². The smallest absolute Gasteiger partial charge is 0.314 e. The number of esters is 1. The van der Waals surface area contributed by atoms with Crippen LogP contribution in [-0.4, -0.2) is 24.5 Å². The Morgan fingerprint density at radius 3 is 1.79 bits per heavy atom. The fraction of sp³-hybridized carbons (Fsp3) is 0.0909. The monoisotopic (exact) mass is 412 g/mol. The average Bonchev–Trinajstić information content (AvgIpc) is 2.73. The molecule has 4 nitrogen and oxygen atoms in total. The number of carbonyl (C=O) groups excluding carboxylic acids is 2. The first-order chi connectivity index (χ1) is 13.5. The summed E-state index contributed by atoms with van der Waals surface area (Å²) in [7, 11) is -3.22. The van der Waals surface area contributed by atoms with E-state index in [0.29, 0.717) is 21.2 Å². The van der Waals surface area contributed by atoms with Crippen LogP contribution >= 0.6 is 18.7 Å². The number of rotatable bonds is 7. The fourth-order valence-electron chi connectivity index (χ4n) is 2.76. The van der Waals surface area contributed by atoms with Crippen LogP contribution in [0, 0.1) is 0 Å². The van der Waals surface area contributed by atoms with Crippen LogP contribution in [0.5, 0.6) is 0 Å². The van der Waals surface area contributed by atoms with E-state index in [9.17, 15) is 14.2 Å². The zero-order chi connectivity index (χ0) is 20.0. The molecule has 0 saturated carbocycles. The van der Waals surface area contributed by atoms with Gasteiger partial charge in [0.15, 0.2) is 19.5 Å². The Hall–Kier alpha value is -2.68. The van der Waals surface area contributed by atoms with Gasteiger partial charge in [-0.15, -0.1) is 0 Å². The van der Waals surface area contributed by atoms with E-state index in [0.717, 1.165) is 0 Å². The summed E-state index contributed by atoms with van der Waals surface area (Å²) in [5.74, 6) is -1.03. The Bertz CT molecular complexity index is 958. The maximum absolute atomic E-state index is 13.8. The largest absolute Gasteiger partial charge is 0.457 e. The van der Waals surface area contributed by atoms with Gasteiger partial charge in [-0.05, 0) is 24.3 Å². The highest BCUT2D eigenvalue weighted by atomic mass is 35.5. The molecule has 3 aromatic carbocycles. The number of ketones is 1. The Kier molecular flexibility index (Phi) is 6.45. The van der Waals surface area contributed by atoms with Gasteiger partial charge in [-0.2, -0.15) is 0 Å². The third-order valence-corrected chi connectivity index (χ3v) is 7.45. The number of benzene rings is 3. The molecule has 0 aliphatic heterocycles. The molecule has 0 aromatic heterocycles. The second-order valence-electron chi connectivity index (χ2n) is 6.16. The molecule has 0 atom stereocenters. The van der Waals surface area contributed by atoms with Crippen molar-refractivity contribution in [1.82, 2.24) is 0 Å². The summed E-state index contributed by atoms with van der Waals surface area (Å²) in [6, 6.07) is 24.0. The summed E-state index contributed by atoms with van der Waals surface area (Å²) in [4.78, 5) is 24.6. The Morgan fingerprint density at radius 2 is 1.29 bits per heavy atom. The molecule has 0 radical (unpaired) electrons. The summed E-state index contributed by atoms with van der Waals surface area (Å²) in [5.41, 5.74) is 0.395. The van der Waals surface area contributed by atoms with Crippen molar-refractivity contribution in [2.75, 3.05) is 12.8 Å². The lowest BCUT2D eigenvalue weighted by molar-refractivity contribution is -0.139. The second kappa shape index (κ2) is 9.01. The molecule has 0 aliphatic rings. The first-order valence-electron chi connectivity index (χ1n) is 8.64. The van der Waals surface area contributed by atoms with Crippen LogP contribution in [0.3, 0.4) is 0 Å². The van der Waals surface area contributed by atoms with Crippen molar-refractivity contribution in [2.24, 2.45) is 0 Å². The lowest BCUT2D eigenvalue weighted by atomic mass is 10.1. The molecular formula is C22H18ClO4P. The van der Waals surface area contributed by atoms with Gasteiger partial charge in [0.2, 0.25) is 0 Å². The van der Waals surface area contributed by atoms with Crippen molar-refractivity contribution in [3.05, 3.63) is 95.5 Å². The highest BCUT2D eigenvalue weighted by Gasteiger charge is 2.31. The minimum absolute atomic E-state index is 0.311. The summed E-state index contributed by atoms with van der Waals surface area (Å²) in [6.07, 6.45) is -0.311. The molecule has 0 amide bonds. The van der Waals surface area contributed by atoms with E-state index in [1.807, 2.05) is 12.1 Å². The van der Waals surface area contributed by atoms with Crippen LogP contribution in [0.2, 0.25) is 5.02 Å². The van der Waals surface area contributed by atoms with Gasteiger partial charge in [-0.3, -0.25) is 9.59 Å². The van der Waals surface area contributed by atoms with Crippen molar-refractivity contribution in [3.8, 4) is 0 Å². The molecule has 3 rings (SSSR count). The van der Waals surface area contributed by atoms with Gasteiger partial charge < -0.3 is 9.30 Å². The molecule has 0 spiro atoms. The highest BCUT2D eigenvalue weighted by molar-refractivity contribution is 7.79. The summed E-state index contributed by atoms with van der Waals surface area (Å²) in [6.45, 7) is -0.413. The normalized spacial score (nSPS) is 11.0. The maximum Gasteiger partial charge on any atom is 0.314 e. The van der Waals surface area contributed by atoms with Crippen molar-refractivity contribution in [2.45, 2.75) is 0 Å². The third-order valence-electron chi connectivity index (χ3n) is 4.23. The minimum atomic E-state index is -3.22. The summed E-state index contributed by atoms with van der Waals surface area (Å²) < 4.78 is 18.9. The minimum Gasteiger partial charge on any atom is -0.457 e.